The fraction of sp³-hybridized carbons (Fsp3) is 0.812. The topological polar surface area (TPSA) is 53.3 Å². The van der Waals surface area contributed by atoms with E-state index in [0.29, 0.717) is 0 Å². The van der Waals surface area contributed by atoms with E-state index in [1.165, 1.54) is 0 Å². The number of aromatic nitrogens is 2. The number of aliphatic hydroxyl groups is 1. The lowest BCUT2D eigenvalue weighted by atomic mass is 9.72. The largest absolute Gasteiger partial charge is 0.392 e. The van der Waals surface area contributed by atoms with Crippen molar-refractivity contribution >= 4 is 11.6 Å². The molecular formula is C16H27ClN4O. The number of hydrogen-bond acceptors (Lipinski definition) is 4. The minimum absolute atomic E-state index is 0.0115. The van der Waals surface area contributed by atoms with E-state index in [-0.39, 0.29) is 11.5 Å². The molecule has 0 aromatic carbocycles. The summed E-state index contributed by atoms with van der Waals surface area (Å²) in [6.45, 7) is 6.82. The van der Waals surface area contributed by atoms with Crippen LogP contribution in [0.1, 0.15) is 37.4 Å². The number of nitrogens with one attached hydrogen (secondary N) is 1. The van der Waals surface area contributed by atoms with Crippen LogP contribution in [0.25, 0.3) is 0 Å². The molecule has 0 bridgehead atoms. The van der Waals surface area contributed by atoms with E-state index in [1.54, 1.807) is 4.68 Å². The van der Waals surface area contributed by atoms with Crippen molar-refractivity contribution in [3.05, 3.63) is 16.4 Å². The molecule has 3 rings (SSSR count). The Hall–Kier alpha value is -0.620. The minimum Gasteiger partial charge on any atom is -0.392 e. The van der Waals surface area contributed by atoms with Crippen LogP contribution < -0.4 is 5.32 Å². The van der Waals surface area contributed by atoms with Crippen molar-refractivity contribution < 1.29 is 5.11 Å². The first kappa shape index (κ1) is 16.2. The van der Waals surface area contributed by atoms with Gasteiger partial charge in [0.2, 0.25) is 0 Å². The van der Waals surface area contributed by atoms with Gasteiger partial charge in [0.05, 0.1) is 11.8 Å². The molecule has 22 heavy (non-hydrogen) atoms. The first-order chi connectivity index (χ1) is 10.6. The fourth-order valence-corrected chi connectivity index (χ4v) is 4.28. The molecule has 5 nitrogen and oxygen atoms in total. The number of rotatable bonds is 3. The highest BCUT2D eigenvalue weighted by Gasteiger charge is 2.43. The molecule has 6 heteroatoms. The number of hydrogen-bond donors (Lipinski definition) is 2. The molecular weight excluding hydrogens is 300 g/mol. The summed E-state index contributed by atoms with van der Waals surface area (Å²) in [6.07, 6.45) is 3.82. The Kier molecular flexibility index (Phi) is 4.78. The number of piperidine rings is 2. The summed E-state index contributed by atoms with van der Waals surface area (Å²) >= 11 is 6.43. The maximum absolute atomic E-state index is 10.5. The van der Waals surface area contributed by atoms with Gasteiger partial charge in [-0.25, -0.2) is 0 Å². The molecule has 0 aliphatic carbocycles. The quantitative estimate of drug-likeness (QED) is 0.885. The van der Waals surface area contributed by atoms with Gasteiger partial charge in [-0.05, 0) is 38.8 Å². The van der Waals surface area contributed by atoms with Gasteiger partial charge >= 0.3 is 0 Å². The third-order valence-corrected chi connectivity index (χ3v) is 5.81. The fourth-order valence-electron chi connectivity index (χ4n) is 4.07. The average Bonchev–Trinajstić information content (AvgIpc) is 2.78. The second-order valence-corrected chi connectivity index (χ2v) is 7.21. The summed E-state index contributed by atoms with van der Waals surface area (Å²) in [6, 6.07) is 0. The first-order valence-corrected chi connectivity index (χ1v) is 8.75. The molecule has 0 radical (unpaired) electrons. The minimum atomic E-state index is -0.188. The van der Waals surface area contributed by atoms with E-state index in [9.17, 15) is 5.11 Å². The highest BCUT2D eigenvalue weighted by molar-refractivity contribution is 6.30. The molecule has 1 aromatic rings. The van der Waals surface area contributed by atoms with Gasteiger partial charge < -0.3 is 10.4 Å². The third-order valence-electron chi connectivity index (χ3n) is 5.33. The summed E-state index contributed by atoms with van der Waals surface area (Å²) < 4.78 is 1.77. The van der Waals surface area contributed by atoms with Crippen molar-refractivity contribution in [3.8, 4) is 0 Å². The predicted molar refractivity (Wildman–Crippen MR) is 88.0 cm³/mol. The molecule has 2 aliphatic heterocycles. The van der Waals surface area contributed by atoms with Gasteiger partial charge in [-0.2, -0.15) is 5.10 Å². The molecule has 1 spiro atoms. The Morgan fingerprint density at radius 2 is 2.32 bits per heavy atom. The lowest BCUT2D eigenvalue weighted by Gasteiger charge is -2.48. The average molecular weight is 327 g/mol. The molecule has 0 saturated carbocycles. The van der Waals surface area contributed by atoms with Gasteiger partial charge in [-0.1, -0.05) is 18.5 Å². The molecule has 2 N–H and O–H groups in total. The van der Waals surface area contributed by atoms with Crippen LogP contribution in [0.5, 0.6) is 0 Å². The normalized spacial score (nSPS) is 30.1. The predicted octanol–water partition coefficient (Wildman–Crippen LogP) is 1.57. The lowest BCUT2D eigenvalue weighted by Crippen LogP contribution is -2.57. The Morgan fingerprint density at radius 3 is 3.05 bits per heavy atom. The van der Waals surface area contributed by atoms with Gasteiger partial charge in [0.25, 0.3) is 0 Å². The van der Waals surface area contributed by atoms with Crippen molar-refractivity contribution in [1.29, 1.82) is 0 Å². The van der Waals surface area contributed by atoms with E-state index >= 15 is 0 Å². The van der Waals surface area contributed by atoms with Gasteiger partial charge in [-0.3, -0.25) is 9.58 Å². The highest BCUT2D eigenvalue weighted by Crippen LogP contribution is 2.37. The van der Waals surface area contributed by atoms with Crippen LogP contribution >= 0.6 is 11.6 Å². The van der Waals surface area contributed by atoms with Crippen LogP contribution in [-0.4, -0.2) is 52.1 Å². The number of aliphatic hydroxyl groups excluding tert-OH is 1. The Balaban J connectivity index is 1.76. The molecule has 124 valence electrons. The van der Waals surface area contributed by atoms with Gasteiger partial charge in [0.1, 0.15) is 5.15 Å². The summed E-state index contributed by atoms with van der Waals surface area (Å²) in [5.41, 5.74) is 2.26. The molecule has 0 unspecified atom stereocenters. The molecule has 3 heterocycles. The number of halogens is 1. The van der Waals surface area contributed by atoms with Crippen LogP contribution in [0.4, 0.5) is 0 Å². The molecule has 2 aliphatic rings. The van der Waals surface area contributed by atoms with Gasteiger partial charge in [0.15, 0.2) is 0 Å². The zero-order chi connectivity index (χ0) is 15.7. The van der Waals surface area contributed by atoms with E-state index in [0.717, 1.165) is 74.8 Å². The number of likely N-dealkylation sites (tertiary alicyclic amines) is 1. The van der Waals surface area contributed by atoms with Gasteiger partial charge in [0, 0.05) is 37.7 Å². The molecule has 2 fully saturated rings. The molecule has 2 saturated heterocycles. The maximum Gasteiger partial charge on any atom is 0.131 e. The van der Waals surface area contributed by atoms with E-state index in [1.807, 2.05) is 7.05 Å². The summed E-state index contributed by atoms with van der Waals surface area (Å²) in [7, 11) is 1.90. The van der Waals surface area contributed by atoms with Gasteiger partial charge in [-0.15, -0.1) is 0 Å². The maximum atomic E-state index is 10.5. The second-order valence-electron chi connectivity index (χ2n) is 6.85. The zero-order valence-corrected chi connectivity index (χ0v) is 14.4. The summed E-state index contributed by atoms with van der Waals surface area (Å²) in [5, 5.41) is 19.2. The van der Waals surface area contributed by atoms with Crippen molar-refractivity contribution in [3.63, 3.8) is 0 Å². The van der Waals surface area contributed by atoms with Crippen LogP contribution in [0, 0.1) is 5.41 Å². The van der Waals surface area contributed by atoms with Crippen LogP contribution in [0.3, 0.4) is 0 Å². The Labute approximate surface area is 137 Å². The first-order valence-electron chi connectivity index (χ1n) is 8.37. The smallest absolute Gasteiger partial charge is 0.131 e. The number of nitrogens with zero attached hydrogens (tertiary/aromatic N) is 3. The van der Waals surface area contributed by atoms with E-state index in [2.05, 4.69) is 22.2 Å². The molecule has 0 amide bonds. The lowest BCUT2D eigenvalue weighted by molar-refractivity contribution is -0.0514. The summed E-state index contributed by atoms with van der Waals surface area (Å²) in [4.78, 5) is 2.45. The second kappa shape index (κ2) is 6.48. The Bertz CT molecular complexity index is 528. The van der Waals surface area contributed by atoms with E-state index in [4.69, 9.17) is 11.6 Å². The third kappa shape index (κ3) is 2.92. The van der Waals surface area contributed by atoms with Crippen LogP contribution in [-0.2, 0) is 20.0 Å². The van der Waals surface area contributed by atoms with Crippen molar-refractivity contribution in [2.24, 2.45) is 12.5 Å². The number of aryl methyl sites for hydroxylation is 2. The zero-order valence-electron chi connectivity index (χ0n) is 13.6. The monoisotopic (exact) mass is 326 g/mol. The summed E-state index contributed by atoms with van der Waals surface area (Å²) in [5.74, 6) is 0. The molecule has 2 atom stereocenters. The molecule has 1 aromatic heterocycles. The van der Waals surface area contributed by atoms with Crippen molar-refractivity contribution in [2.45, 2.75) is 45.3 Å². The highest BCUT2D eigenvalue weighted by atomic mass is 35.5. The van der Waals surface area contributed by atoms with Crippen LogP contribution in [0.2, 0.25) is 5.15 Å². The van der Waals surface area contributed by atoms with Crippen LogP contribution in [0.15, 0.2) is 0 Å². The van der Waals surface area contributed by atoms with Crippen molar-refractivity contribution in [2.75, 3.05) is 26.2 Å². The SMILES string of the molecule is CCc1nn(C)c(Cl)c1CN1CCC[C@]2(CNCC[C@@H]2O)C1. The standard InChI is InChI=1S/C16H27ClN4O/c1-3-13-12(15(17)20(2)19-13)9-21-8-4-6-16(11-21)10-18-7-5-14(16)22/h14,18,22H,3-11H2,1-2H3/t14-,16-/m0/s1. The Morgan fingerprint density at radius 1 is 1.50 bits per heavy atom. The van der Waals surface area contributed by atoms with E-state index < -0.39 is 0 Å². The van der Waals surface area contributed by atoms with Crippen molar-refractivity contribution in [1.82, 2.24) is 20.0 Å².